The molecule has 0 bridgehead atoms. The predicted molar refractivity (Wildman–Crippen MR) is 153 cm³/mol. The van der Waals surface area contributed by atoms with Gasteiger partial charge in [0.1, 0.15) is 5.52 Å². The molecule has 2 aromatic rings. The molecule has 1 saturated heterocycles. The molecule has 3 saturated carbocycles. The third-order valence-electron chi connectivity index (χ3n) is 11.0. The number of hydrogen-bond donors (Lipinski definition) is 1. The average Bonchev–Trinajstić information content (AvgIpc) is 3.29. The van der Waals surface area contributed by atoms with Crippen molar-refractivity contribution < 1.29 is 23.6 Å². The molecule has 5 atom stereocenters. The van der Waals surface area contributed by atoms with Gasteiger partial charge in [-0.1, -0.05) is 64.5 Å². The van der Waals surface area contributed by atoms with Crippen LogP contribution >= 0.6 is 0 Å². The molecule has 8 nitrogen and oxygen atoms in total. The van der Waals surface area contributed by atoms with E-state index >= 15 is 0 Å². The Morgan fingerprint density at radius 3 is 2.44 bits per heavy atom. The summed E-state index contributed by atoms with van der Waals surface area (Å²) in [7, 11) is 0. The van der Waals surface area contributed by atoms with Crippen molar-refractivity contribution in [3.8, 4) is 0 Å². The maximum absolute atomic E-state index is 14.5. The van der Waals surface area contributed by atoms with Gasteiger partial charge in [-0.25, -0.2) is 4.98 Å². The lowest BCUT2D eigenvalue weighted by Gasteiger charge is -2.37. The highest BCUT2D eigenvalue weighted by atomic mass is 16.3. The Hall–Kier alpha value is -3.03. The lowest BCUT2D eigenvalue weighted by Crippen LogP contribution is -2.50. The Kier molecular flexibility index (Phi) is 7.53. The van der Waals surface area contributed by atoms with E-state index < -0.39 is 23.7 Å². The topological polar surface area (TPSA) is 124 Å². The fourth-order valence-electron chi connectivity index (χ4n) is 8.26. The van der Waals surface area contributed by atoms with E-state index in [1.165, 1.54) is 6.42 Å². The minimum Gasteiger partial charge on any atom is -0.441 e. The zero-order valence-electron chi connectivity index (χ0n) is 24.3. The molecule has 6 rings (SSSR count). The number of primary amides is 1. The SMILES string of the molecule is CC1(C)C2C(C(=O)CC(CC3CCC3)C(=O)C(N)=O)N(C(=O)[C@@H](Cc3nc4ccccc4o3)C3CCCCC3)C[C@@H]21. The zero-order valence-corrected chi connectivity index (χ0v) is 24.3. The summed E-state index contributed by atoms with van der Waals surface area (Å²) in [6.07, 6.45) is 9.40. The van der Waals surface area contributed by atoms with Crippen molar-refractivity contribution in [1.82, 2.24) is 9.88 Å². The van der Waals surface area contributed by atoms with Crippen molar-refractivity contribution >= 4 is 34.5 Å². The number of oxazole rings is 1. The van der Waals surface area contributed by atoms with Crippen molar-refractivity contribution in [2.75, 3.05) is 6.54 Å². The van der Waals surface area contributed by atoms with Crippen LogP contribution in [0, 0.1) is 40.9 Å². The van der Waals surface area contributed by atoms with E-state index in [1.54, 1.807) is 0 Å². The summed E-state index contributed by atoms with van der Waals surface area (Å²) in [6, 6.07) is 7.08. The van der Waals surface area contributed by atoms with Gasteiger partial charge in [-0.15, -0.1) is 0 Å². The molecule has 3 aliphatic carbocycles. The molecule has 0 radical (unpaired) electrons. The third-order valence-corrected chi connectivity index (χ3v) is 11.0. The van der Waals surface area contributed by atoms with Gasteiger partial charge >= 0.3 is 0 Å². The number of carbonyl (C=O) groups is 4. The third kappa shape index (κ3) is 5.35. The summed E-state index contributed by atoms with van der Waals surface area (Å²) >= 11 is 0. The van der Waals surface area contributed by atoms with Crippen molar-refractivity contribution in [2.24, 2.45) is 46.7 Å². The van der Waals surface area contributed by atoms with Crippen molar-refractivity contribution in [2.45, 2.75) is 90.5 Å². The molecule has 4 aliphatic rings. The van der Waals surface area contributed by atoms with Crippen molar-refractivity contribution in [1.29, 1.82) is 0 Å². The lowest BCUT2D eigenvalue weighted by molar-refractivity contribution is -0.146. The summed E-state index contributed by atoms with van der Waals surface area (Å²) in [4.78, 5) is 59.7. The Balaban J connectivity index is 1.26. The number of nitrogens with zero attached hydrogens (tertiary/aromatic N) is 2. The summed E-state index contributed by atoms with van der Waals surface area (Å²) in [5.74, 6) is -1.24. The molecular weight excluding hydrogens is 518 g/mol. The monoisotopic (exact) mass is 561 g/mol. The van der Waals surface area contributed by atoms with Gasteiger partial charge in [-0.05, 0) is 60.5 Å². The van der Waals surface area contributed by atoms with E-state index in [9.17, 15) is 19.2 Å². The van der Waals surface area contributed by atoms with E-state index in [0.29, 0.717) is 36.8 Å². The number of piperidine rings is 1. The molecule has 4 fully saturated rings. The fraction of sp³-hybridized carbons (Fsp3) is 0.667. The van der Waals surface area contributed by atoms with Gasteiger partial charge < -0.3 is 15.1 Å². The minimum absolute atomic E-state index is 0.0114. The summed E-state index contributed by atoms with van der Waals surface area (Å²) < 4.78 is 6.06. The minimum atomic E-state index is -0.971. The van der Waals surface area contributed by atoms with E-state index in [1.807, 2.05) is 29.2 Å². The first-order chi connectivity index (χ1) is 19.6. The Morgan fingerprint density at radius 2 is 1.78 bits per heavy atom. The number of ketones is 2. The van der Waals surface area contributed by atoms with Gasteiger partial charge in [-0.3, -0.25) is 19.2 Å². The van der Waals surface area contributed by atoms with E-state index in [2.05, 4.69) is 18.8 Å². The fourth-order valence-corrected chi connectivity index (χ4v) is 8.26. The van der Waals surface area contributed by atoms with Gasteiger partial charge in [0.2, 0.25) is 11.7 Å². The number of nitrogens with two attached hydrogens (primary N) is 1. The van der Waals surface area contributed by atoms with Crippen LogP contribution in [0.1, 0.15) is 83.9 Å². The van der Waals surface area contributed by atoms with Crippen molar-refractivity contribution in [3.63, 3.8) is 0 Å². The zero-order chi connectivity index (χ0) is 28.9. The molecule has 2 heterocycles. The molecule has 1 aromatic heterocycles. The average molecular weight is 562 g/mol. The highest BCUT2D eigenvalue weighted by molar-refractivity contribution is 6.36. The van der Waals surface area contributed by atoms with Crippen LogP contribution in [0.2, 0.25) is 0 Å². The molecule has 2 N–H and O–H groups in total. The summed E-state index contributed by atoms with van der Waals surface area (Å²) in [5.41, 5.74) is 6.86. The number of carbonyl (C=O) groups excluding carboxylic acids is 4. The highest BCUT2D eigenvalue weighted by Crippen LogP contribution is 2.65. The second kappa shape index (κ2) is 11.0. The number of fused-ring (bicyclic) bond motifs is 2. The van der Waals surface area contributed by atoms with Gasteiger partial charge in [0, 0.05) is 31.2 Å². The smallest absolute Gasteiger partial charge is 0.285 e. The van der Waals surface area contributed by atoms with Crippen LogP contribution in [0.3, 0.4) is 0 Å². The van der Waals surface area contributed by atoms with Gasteiger partial charge in [-0.2, -0.15) is 0 Å². The van der Waals surface area contributed by atoms with Crippen LogP contribution in [0.25, 0.3) is 11.1 Å². The largest absolute Gasteiger partial charge is 0.441 e. The quantitative estimate of drug-likeness (QED) is 0.391. The number of likely N-dealkylation sites (tertiary alicyclic amines) is 1. The summed E-state index contributed by atoms with van der Waals surface area (Å²) in [5, 5.41) is 0. The normalized spacial score (nSPS) is 27.2. The number of amides is 2. The van der Waals surface area contributed by atoms with E-state index in [4.69, 9.17) is 10.2 Å². The first kappa shape index (κ1) is 28.1. The molecule has 41 heavy (non-hydrogen) atoms. The molecule has 220 valence electrons. The number of Topliss-reactive ketones (excluding diaryl/α,β-unsaturated/α-hetero) is 2. The highest BCUT2D eigenvalue weighted by Gasteiger charge is 2.69. The number of benzene rings is 1. The molecule has 1 aliphatic heterocycles. The first-order valence-electron chi connectivity index (χ1n) is 15.7. The first-order valence-corrected chi connectivity index (χ1v) is 15.7. The molecule has 8 heteroatoms. The summed E-state index contributed by atoms with van der Waals surface area (Å²) in [6.45, 7) is 4.89. The van der Waals surface area contributed by atoms with Crippen LogP contribution < -0.4 is 5.73 Å². The standard InChI is InChI=1S/C33H43N3O5/c1-33(2)23-18-36(29(28(23)33)25(37)16-21(30(38)31(34)39)15-19-9-8-10-19)32(40)22(20-11-4-3-5-12-20)17-27-35-24-13-6-7-14-26(24)41-27/h6-7,13-14,19-23,28-29H,3-5,8-12,15-18H2,1-2H3,(H2,34,39)/t21?,22-,23-,28?,29?/m0/s1. The molecule has 3 unspecified atom stereocenters. The maximum atomic E-state index is 14.5. The van der Waals surface area contributed by atoms with Crippen molar-refractivity contribution in [3.05, 3.63) is 30.2 Å². The van der Waals surface area contributed by atoms with Crippen LogP contribution in [0.15, 0.2) is 28.7 Å². The second-order valence-corrected chi connectivity index (χ2v) is 13.8. The molecule has 1 aromatic carbocycles. The predicted octanol–water partition coefficient (Wildman–Crippen LogP) is 4.87. The van der Waals surface area contributed by atoms with Crippen LogP contribution in [0.4, 0.5) is 0 Å². The number of aromatic nitrogens is 1. The van der Waals surface area contributed by atoms with Gasteiger partial charge in [0.25, 0.3) is 5.91 Å². The van der Waals surface area contributed by atoms with Gasteiger partial charge in [0.05, 0.1) is 6.04 Å². The van der Waals surface area contributed by atoms with E-state index in [0.717, 1.165) is 50.5 Å². The maximum Gasteiger partial charge on any atom is 0.285 e. The van der Waals surface area contributed by atoms with Crippen LogP contribution in [-0.4, -0.2) is 45.9 Å². The Labute approximate surface area is 241 Å². The van der Waals surface area contributed by atoms with Crippen LogP contribution in [-0.2, 0) is 25.6 Å². The Bertz CT molecular complexity index is 1300. The van der Waals surface area contributed by atoms with E-state index in [-0.39, 0.29) is 47.2 Å². The number of para-hydroxylation sites is 2. The lowest BCUT2D eigenvalue weighted by atomic mass is 9.75. The second-order valence-electron chi connectivity index (χ2n) is 13.8. The number of hydrogen-bond acceptors (Lipinski definition) is 6. The molecule has 2 amide bonds. The number of rotatable bonds is 11. The van der Waals surface area contributed by atoms with Gasteiger partial charge in [0.15, 0.2) is 17.3 Å². The van der Waals surface area contributed by atoms with Crippen LogP contribution in [0.5, 0.6) is 0 Å². The Morgan fingerprint density at radius 1 is 1.05 bits per heavy atom. The molecule has 0 spiro atoms. The molecular formula is C33H43N3O5.